The molecule has 21 heavy (non-hydrogen) atoms. The van der Waals surface area contributed by atoms with E-state index in [1.807, 2.05) is 54.6 Å². The summed E-state index contributed by atoms with van der Waals surface area (Å²) in [6.07, 6.45) is 0. The first-order chi connectivity index (χ1) is 10.3. The zero-order chi connectivity index (χ0) is 14.7. The molecule has 3 rings (SSSR count). The lowest BCUT2D eigenvalue weighted by Crippen LogP contribution is -2.34. The molecule has 0 fully saturated rings. The molecule has 0 spiro atoms. The van der Waals surface area contributed by atoms with Gasteiger partial charge in [-0.25, -0.2) is 0 Å². The first kappa shape index (κ1) is 13.3. The third-order valence-corrected chi connectivity index (χ3v) is 3.14. The molecule has 0 bridgehead atoms. The van der Waals surface area contributed by atoms with Crippen LogP contribution in [0.3, 0.4) is 0 Å². The number of aromatic nitrogens is 2. The Morgan fingerprint density at radius 2 is 1.57 bits per heavy atom. The molecule has 0 aliphatic carbocycles. The maximum Gasteiger partial charge on any atom is 0.182 e. The second-order valence-corrected chi connectivity index (χ2v) is 4.86. The van der Waals surface area contributed by atoms with Crippen molar-refractivity contribution in [2.24, 2.45) is 5.73 Å². The minimum absolute atomic E-state index is 0.146. The van der Waals surface area contributed by atoms with Gasteiger partial charge in [-0.2, -0.15) is 0 Å². The van der Waals surface area contributed by atoms with E-state index >= 15 is 0 Å². The summed E-state index contributed by atoms with van der Waals surface area (Å²) in [7, 11) is 0. The van der Waals surface area contributed by atoms with Crippen LogP contribution in [0.4, 0.5) is 5.82 Å². The van der Waals surface area contributed by atoms with Crippen LogP contribution in [0.1, 0.15) is 0 Å². The largest absolute Gasteiger partial charge is 0.375 e. The van der Waals surface area contributed by atoms with Crippen molar-refractivity contribution in [1.29, 1.82) is 0 Å². The van der Waals surface area contributed by atoms with Gasteiger partial charge in [0, 0.05) is 16.3 Å². The molecule has 1 aromatic heterocycles. The molecule has 0 unspecified atom stereocenters. The first-order valence-electron chi connectivity index (χ1n) is 6.38. The van der Waals surface area contributed by atoms with Crippen LogP contribution in [0.2, 0.25) is 0 Å². The standard InChI is InChI=1S/C15H13N5S/c16-15(21)20-19-14-12-9-5-4-8-11(12)13(17-18-14)10-6-2-1-3-7-10/h1-9H,(H,18,19)(H3,16,20,21). The molecule has 4 N–H and O–H groups in total. The van der Waals surface area contributed by atoms with Crippen molar-refractivity contribution in [2.75, 3.05) is 5.43 Å². The molecule has 0 saturated heterocycles. The fraction of sp³-hybridized carbons (Fsp3) is 0. The molecule has 0 radical (unpaired) electrons. The van der Waals surface area contributed by atoms with Gasteiger partial charge in [-0.1, -0.05) is 54.6 Å². The van der Waals surface area contributed by atoms with Crippen LogP contribution in [0.25, 0.3) is 22.0 Å². The Morgan fingerprint density at radius 3 is 2.29 bits per heavy atom. The summed E-state index contributed by atoms with van der Waals surface area (Å²) < 4.78 is 0. The van der Waals surface area contributed by atoms with E-state index in [4.69, 9.17) is 18.0 Å². The lowest BCUT2D eigenvalue weighted by atomic mass is 10.0. The Morgan fingerprint density at radius 1 is 0.905 bits per heavy atom. The number of benzene rings is 2. The maximum absolute atomic E-state index is 5.41. The molecule has 2 aromatic carbocycles. The molecule has 1 heterocycles. The maximum atomic E-state index is 5.41. The van der Waals surface area contributed by atoms with Crippen molar-refractivity contribution in [3.05, 3.63) is 54.6 Å². The summed E-state index contributed by atoms with van der Waals surface area (Å²) in [6, 6.07) is 17.9. The van der Waals surface area contributed by atoms with E-state index in [0.717, 1.165) is 22.0 Å². The van der Waals surface area contributed by atoms with E-state index in [2.05, 4.69) is 21.0 Å². The van der Waals surface area contributed by atoms with Gasteiger partial charge >= 0.3 is 0 Å². The first-order valence-corrected chi connectivity index (χ1v) is 6.79. The number of nitrogens with two attached hydrogens (primary N) is 1. The SMILES string of the molecule is NC(=S)NNc1nnc(-c2ccccc2)c2ccccc12. The van der Waals surface area contributed by atoms with Gasteiger partial charge in [-0.3, -0.25) is 10.9 Å². The van der Waals surface area contributed by atoms with Crippen molar-refractivity contribution in [3.63, 3.8) is 0 Å². The second kappa shape index (κ2) is 5.72. The number of hydrazine groups is 1. The van der Waals surface area contributed by atoms with E-state index < -0.39 is 0 Å². The Hall–Kier alpha value is -2.73. The third-order valence-electron chi connectivity index (χ3n) is 3.04. The molecule has 0 amide bonds. The topological polar surface area (TPSA) is 75.9 Å². The number of nitrogens with one attached hydrogen (secondary N) is 2. The predicted molar refractivity (Wildman–Crippen MR) is 88.5 cm³/mol. The molecule has 0 aliphatic heterocycles. The zero-order valence-electron chi connectivity index (χ0n) is 11.1. The van der Waals surface area contributed by atoms with Crippen molar-refractivity contribution in [3.8, 4) is 11.3 Å². The fourth-order valence-electron chi connectivity index (χ4n) is 2.13. The van der Waals surface area contributed by atoms with Gasteiger partial charge in [-0.05, 0) is 12.2 Å². The molecule has 6 heteroatoms. The monoisotopic (exact) mass is 295 g/mol. The average Bonchev–Trinajstić information content (AvgIpc) is 2.53. The number of hydrogen-bond donors (Lipinski definition) is 3. The highest BCUT2D eigenvalue weighted by molar-refractivity contribution is 7.80. The smallest absolute Gasteiger partial charge is 0.182 e. The molecule has 5 nitrogen and oxygen atoms in total. The van der Waals surface area contributed by atoms with Crippen molar-refractivity contribution in [2.45, 2.75) is 0 Å². The highest BCUT2D eigenvalue weighted by atomic mass is 32.1. The minimum Gasteiger partial charge on any atom is -0.375 e. The molecule has 0 saturated carbocycles. The van der Waals surface area contributed by atoms with Crippen LogP contribution >= 0.6 is 12.2 Å². The number of nitrogens with zero attached hydrogens (tertiary/aromatic N) is 2. The molecule has 104 valence electrons. The number of fused-ring (bicyclic) bond motifs is 1. The third kappa shape index (κ3) is 2.75. The van der Waals surface area contributed by atoms with Gasteiger partial charge < -0.3 is 5.73 Å². The lowest BCUT2D eigenvalue weighted by Gasteiger charge is -2.11. The Labute approximate surface area is 127 Å². The van der Waals surface area contributed by atoms with Crippen molar-refractivity contribution in [1.82, 2.24) is 15.6 Å². The summed E-state index contributed by atoms with van der Waals surface area (Å²) in [5.41, 5.74) is 12.8. The molecule has 0 aliphatic rings. The second-order valence-electron chi connectivity index (χ2n) is 4.42. The predicted octanol–water partition coefficient (Wildman–Crippen LogP) is 2.46. The summed E-state index contributed by atoms with van der Waals surface area (Å²) >= 11 is 4.78. The van der Waals surface area contributed by atoms with Crippen LogP contribution < -0.4 is 16.6 Å². The minimum atomic E-state index is 0.146. The highest BCUT2D eigenvalue weighted by Crippen LogP contribution is 2.28. The summed E-state index contributed by atoms with van der Waals surface area (Å²) in [5.74, 6) is 0.582. The van der Waals surface area contributed by atoms with E-state index in [1.165, 1.54) is 0 Å². The quantitative estimate of drug-likeness (QED) is 0.509. The number of thiocarbonyl (C=S) groups is 1. The van der Waals surface area contributed by atoms with Crippen molar-refractivity contribution >= 4 is 33.9 Å². The van der Waals surface area contributed by atoms with Crippen molar-refractivity contribution < 1.29 is 0 Å². The number of hydrogen-bond acceptors (Lipinski definition) is 4. The Balaban J connectivity index is 2.13. The van der Waals surface area contributed by atoms with Gasteiger partial charge in [0.05, 0.1) is 0 Å². The van der Waals surface area contributed by atoms with E-state index in [9.17, 15) is 0 Å². The van der Waals surface area contributed by atoms with Gasteiger partial charge in [-0.15, -0.1) is 10.2 Å². The number of anilines is 1. The van der Waals surface area contributed by atoms with E-state index in [1.54, 1.807) is 0 Å². The molecule has 3 aromatic rings. The van der Waals surface area contributed by atoms with Crippen LogP contribution in [0.15, 0.2) is 54.6 Å². The Bertz CT molecular complexity index is 788. The summed E-state index contributed by atoms with van der Waals surface area (Å²) in [5, 5.41) is 10.6. The van der Waals surface area contributed by atoms with Gasteiger partial charge in [0.1, 0.15) is 5.69 Å². The molecular formula is C15H13N5S. The number of rotatable bonds is 3. The fourth-order valence-corrected chi connectivity index (χ4v) is 2.18. The van der Waals surface area contributed by atoms with Gasteiger partial charge in [0.25, 0.3) is 0 Å². The van der Waals surface area contributed by atoms with Gasteiger partial charge in [0.15, 0.2) is 10.9 Å². The van der Waals surface area contributed by atoms with Crippen LogP contribution in [-0.4, -0.2) is 15.3 Å². The highest BCUT2D eigenvalue weighted by Gasteiger charge is 2.10. The van der Waals surface area contributed by atoms with Crippen LogP contribution in [0.5, 0.6) is 0 Å². The van der Waals surface area contributed by atoms with Crippen LogP contribution in [0, 0.1) is 0 Å². The van der Waals surface area contributed by atoms with E-state index in [-0.39, 0.29) is 5.11 Å². The van der Waals surface area contributed by atoms with Crippen LogP contribution in [-0.2, 0) is 0 Å². The normalized spacial score (nSPS) is 10.3. The summed E-state index contributed by atoms with van der Waals surface area (Å²) in [6.45, 7) is 0. The molecular weight excluding hydrogens is 282 g/mol. The average molecular weight is 295 g/mol. The zero-order valence-corrected chi connectivity index (χ0v) is 11.9. The Kier molecular flexibility index (Phi) is 3.61. The van der Waals surface area contributed by atoms with E-state index in [0.29, 0.717) is 5.82 Å². The molecule has 0 atom stereocenters. The van der Waals surface area contributed by atoms with Gasteiger partial charge in [0.2, 0.25) is 0 Å². The summed E-state index contributed by atoms with van der Waals surface area (Å²) in [4.78, 5) is 0. The lowest BCUT2D eigenvalue weighted by molar-refractivity contribution is 1.01.